The Morgan fingerprint density at radius 1 is 1.09 bits per heavy atom. The Balaban J connectivity index is 1.49. The third-order valence-electron chi connectivity index (χ3n) is 4.41. The molecule has 0 aromatic heterocycles. The van der Waals surface area contributed by atoms with Crippen LogP contribution < -0.4 is 0 Å². The Kier molecular flexibility index (Phi) is 4.88. The third kappa shape index (κ3) is 3.51. The molecule has 1 aromatic carbocycles. The first kappa shape index (κ1) is 15.9. The number of aliphatic hydroxyl groups is 1. The van der Waals surface area contributed by atoms with Crippen LogP contribution >= 0.6 is 0 Å². The second-order valence-electron chi connectivity index (χ2n) is 6.10. The summed E-state index contributed by atoms with van der Waals surface area (Å²) in [4.78, 5) is 25.8. The van der Waals surface area contributed by atoms with Crippen LogP contribution in [0.2, 0.25) is 0 Å². The second-order valence-corrected chi connectivity index (χ2v) is 6.10. The monoisotopic (exact) mass is 315 g/mol. The number of fused-ring (bicyclic) bond motifs is 1. The fourth-order valence-electron chi connectivity index (χ4n) is 3.20. The largest absolute Gasteiger partial charge is 0.389 e. The van der Waals surface area contributed by atoms with Crippen LogP contribution in [0.5, 0.6) is 0 Å². The van der Waals surface area contributed by atoms with Crippen LogP contribution in [0, 0.1) is 11.8 Å². The van der Waals surface area contributed by atoms with Gasteiger partial charge in [-0.3, -0.25) is 14.5 Å². The van der Waals surface area contributed by atoms with Gasteiger partial charge in [0.25, 0.3) is 0 Å². The molecule has 5 nitrogen and oxygen atoms in total. The molecule has 2 aliphatic rings. The normalized spacial score (nSPS) is 24.8. The lowest BCUT2D eigenvalue weighted by atomic mass is 9.85. The highest BCUT2D eigenvalue weighted by Crippen LogP contribution is 2.34. The summed E-state index contributed by atoms with van der Waals surface area (Å²) in [6.07, 6.45) is 4.28. The van der Waals surface area contributed by atoms with Gasteiger partial charge in [0.15, 0.2) is 0 Å². The summed E-state index contributed by atoms with van der Waals surface area (Å²) in [5, 5.41) is 10.1. The van der Waals surface area contributed by atoms with Crippen molar-refractivity contribution >= 4 is 11.8 Å². The zero-order valence-corrected chi connectivity index (χ0v) is 12.9. The summed E-state index contributed by atoms with van der Waals surface area (Å²) < 4.78 is 5.47. The first-order chi connectivity index (χ1) is 11.2. The lowest BCUT2D eigenvalue weighted by Gasteiger charge is -2.19. The summed E-state index contributed by atoms with van der Waals surface area (Å²) in [7, 11) is 0. The smallest absolute Gasteiger partial charge is 0.233 e. The molecular weight excluding hydrogens is 294 g/mol. The lowest BCUT2D eigenvalue weighted by Crippen LogP contribution is -2.39. The number of amides is 2. The molecule has 1 aliphatic heterocycles. The zero-order valence-electron chi connectivity index (χ0n) is 12.9. The number of aliphatic hydroxyl groups excluding tert-OH is 1. The minimum Gasteiger partial charge on any atom is -0.389 e. The Labute approximate surface area is 135 Å². The highest BCUT2D eigenvalue weighted by molar-refractivity contribution is 6.05. The predicted octanol–water partition coefficient (Wildman–Crippen LogP) is 1.52. The molecule has 3 rings (SSSR count). The molecule has 23 heavy (non-hydrogen) atoms. The second kappa shape index (κ2) is 7.06. The molecule has 1 N–H and O–H groups in total. The third-order valence-corrected chi connectivity index (χ3v) is 4.41. The fraction of sp³-hybridized carbons (Fsp3) is 0.444. The van der Waals surface area contributed by atoms with Crippen LogP contribution in [0.4, 0.5) is 0 Å². The molecule has 2 amide bonds. The van der Waals surface area contributed by atoms with E-state index in [4.69, 9.17) is 4.74 Å². The number of nitrogens with zero attached hydrogens (tertiary/aromatic N) is 1. The Bertz CT molecular complexity index is 572. The average molecular weight is 315 g/mol. The van der Waals surface area contributed by atoms with Gasteiger partial charge in [0.05, 0.1) is 37.7 Å². The van der Waals surface area contributed by atoms with Crippen molar-refractivity contribution in [2.75, 3.05) is 13.2 Å². The molecule has 0 unspecified atom stereocenters. The van der Waals surface area contributed by atoms with E-state index in [1.54, 1.807) is 0 Å². The van der Waals surface area contributed by atoms with Crippen LogP contribution in [0.25, 0.3) is 0 Å². The number of carbonyl (C=O) groups excluding carboxylic acids is 2. The van der Waals surface area contributed by atoms with E-state index in [1.165, 1.54) is 4.90 Å². The van der Waals surface area contributed by atoms with E-state index in [0.717, 1.165) is 5.56 Å². The number of allylic oxidation sites excluding steroid dienone is 2. The number of carbonyl (C=O) groups is 2. The standard InChI is InChI=1S/C18H21NO4/c20-14(12-23-11-13-6-2-1-3-7-13)10-19-17(21)15-8-4-5-9-16(15)18(19)22/h1-7,14-16,20H,8-12H2/t14-,15-,16+/m1/s1. The van der Waals surface area contributed by atoms with Crippen molar-refractivity contribution < 1.29 is 19.4 Å². The van der Waals surface area contributed by atoms with E-state index in [9.17, 15) is 14.7 Å². The molecule has 1 saturated heterocycles. The first-order valence-corrected chi connectivity index (χ1v) is 7.96. The summed E-state index contributed by atoms with van der Waals surface area (Å²) in [6, 6.07) is 9.66. The van der Waals surface area contributed by atoms with E-state index in [0.29, 0.717) is 19.4 Å². The summed E-state index contributed by atoms with van der Waals surface area (Å²) in [5.41, 5.74) is 1.02. The highest BCUT2D eigenvalue weighted by Gasteiger charge is 2.47. The van der Waals surface area contributed by atoms with E-state index < -0.39 is 6.10 Å². The maximum absolute atomic E-state index is 12.3. The molecule has 0 spiro atoms. The van der Waals surface area contributed by atoms with Crippen molar-refractivity contribution in [3.05, 3.63) is 48.0 Å². The van der Waals surface area contributed by atoms with E-state index in [1.807, 2.05) is 42.5 Å². The van der Waals surface area contributed by atoms with Crippen molar-refractivity contribution in [2.45, 2.75) is 25.6 Å². The number of β-amino-alcohol motifs (C(OH)–C–C–N with tert-alkyl or cyclic N) is 1. The molecule has 0 radical (unpaired) electrons. The summed E-state index contributed by atoms with van der Waals surface area (Å²) in [5.74, 6) is -0.812. The molecule has 1 aromatic rings. The molecular formula is C18H21NO4. The van der Waals surface area contributed by atoms with Gasteiger partial charge in [0.2, 0.25) is 11.8 Å². The van der Waals surface area contributed by atoms with Crippen molar-refractivity contribution in [3.8, 4) is 0 Å². The van der Waals surface area contributed by atoms with Gasteiger partial charge >= 0.3 is 0 Å². The van der Waals surface area contributed by atoms with Gasteiger partial charge in [0, 0.05) is 0 Å². The predicted molar refractivity (Wildman–Crippen MR) is 84.2 cm³/mol. The Morgan fingerprint density at radius 3 is 2.30 bits per heavy atom. The molecule has 1 fully saturated rings. The average Bonchev–Trinajstić information content (AvgIpc) is 2.81. The van der Waals surface area contributed by atoms with Gasteiger partial charge in [0.1, 0.15) is 0 Å². The lowest BCUT2D eigenvalue weighted by molar-refractivity contribution is -0.142. The van der Waals surface area contributed by atoms with Crippen LogP contribution in [0.15, 0.2) is 42.5 Å². The van der Waals surface area contributed by atoms with Crippen molar-refractivity contribution in [1.82, 2.24) is 4.90 Å². The number of hydrogen-bond acceptors (Lipinski definition) is 4. The molecule has 1 heterocycles. The zero-order chi connectivity index (χ0) is 16.2. The van der Waals surface area contributed by atoms with Gasteiger partial charge in [-0.15, -0.1) is 0 Å². The van der Waals surface area contributed by atoms with Gasteiger partial charge in [-0.1, -0.05) is 42.5 Å². The van der Waals surface area contributed by atoms with Gasteiger partial charge in [-0.25, -0.2) is 0 Å². The first-order valence-electron chi connectivity index (χ1n) is 7.96. The minimum atomic E-state index is -0.861. The van der Waals surface area contributed by atoms with Crippen molar-refractivity contribution in [1.29, 1.82) is 0 Å². The minimum absolute atomic E-state index is 0.0133. The number of ether oxygens (including phenoxy) is 1. The number of likely N-dealkylation sites (tertiary alicyclic amines) is 1. The number of imide groups is 1. The van der Waals surface area contributed by atoms with Crippen LogP contribution in [-0.2, 0) is 20.9 Å². The molecule has 122 valence electrons. The van der Waals surface area contributed by atoms with E-state index in [2.05, 4.69) is 0 Å². The van der Waals surface area contributed by atoms with Crippen LogP contribution in [0.1, 0.15) is 18.4 Å². The summed E-state index contributed by atoms with van der Waals surface area (Å²) >= 11 is 0. The van der Waals surface area contributed by atoms with Gasteiger partial charge in [-0.2, -0.15) is 0 Å². The number of rotatable bonds is 6. The number of benzene rings is 1. The molecule has 3 atom stereocenters. The van der Waals surface area contributed by atoms with Crippen LogP contribution in [0.3, 0.4) is 0 Å². The highest BCUT2D eigenvalue weighted by atomic mass is 16.5. The quantitative estimate of drug-likeness (QED) is 0.638. The SMILES string of the molecule is O=C1[C@H]2CC=CC[C@H]2C(=O)N1C[C@@H](O)COCc1ccccc1. The maximum atomic E-state index is 12.3. The fourth-order valence-corrected chi connectivity index (χ4v) is 3.20. The molecule has 5 heteroatoms. The molecule has 0 bridgehead atoms. The topological polar surface area (TPSA) is 66.8 Å². The van der Waals surface area contributed by atoms with Crippen molar-refractivity contribution in [3.63, 3.8) is 0 Å². The Morgan fingerprint density at radius 2 is 1.70 bits per heavy atom. The van der Waals surface area contributed by atoms with Gasteiger partial charge < -0.3 is 9.84 Å². The summed E-state index contributed by atoms with van der Waals surface area (Å²) in [6.45, 7) is 0.508. The van der Waals surface area contributed by atoms with Crippen LogP contribution in [-0.4, -0.2) is 41.1 Å². The van der Waals surface area contributed by atoms with Gasteiger partial charge in [-0.05, 0) is 18.4 Å². The van der Waals surface area contributed by atoms with E-state index in [-0.39, 0.29) is 36.8 Å². The van der Waals surface area contributed by atoms with E-state index >= 15 is 0 Å². The molecule has 1 aliphatic carbocycles. The van der Waals surface area contributed by atoms with Crippen molar-refractivity contribution in [2.24, 2.45) is 11.8 Å². The molecule has 0 saturated carbocycles. The number of hydrogen-bond donors (Lipinski definition) is 1. The Hall–Kier alpha value is -1.98. The maximum Gasteiger partial charge on any atom is 0.233 e.